The van der Waals surface area contributed by atoms with Gasteiger partial charge in [0.25, 0.3) is 0 Å². The van der Waals surface area contributed by atoms with E-state index in [2.05, 4.69) is 80.8 Å². The molecule has 0 radical (unpaired) electrons. The highest BCUT2D eigenvalue weighted by molar-refractivity contribution is 6.87. The smallest absolute Gasteiger partial charge is 0.311 e. The molecule has 0 atom stereocenters. The van der Waals surface area contributed by atoms with Crippen molar-refractivity contribution in [2.45, 2.75) is 106 Å². The number of hydrogen-bond donors (Lipinski definition) is 0. The molecule has 0 aliphatic heterocycles. The van der Waals surface area contributed by atoms with Crippen molar-refractivity contribution in [1.82, 2.24) is 0 Å². The Hall–Kier alpha value is 0.571. The fraction of sp³-hybridized carbons (Fsp3) is 1.00. The highest BCUT2D eigenvalue weighted by Crippen LogP contribution is 2.31. The van der Waals surface area contributed by atoms with Crippen LogP contribution >= 0.6 is 0 Å². The van der Waals surface area contributed by atoms with Crippen molar-refractivity contribution in [2.24, 2.45) is 10.8 Å². The predicted octanol–water partition coefficient (Wildman–Crippen LogP) is 7.00. The number of rotatable bonds is 8. The molecule has 0 N–H and O–H groups in total. The summed E-state index contributed by atoms with van der Waals surface area (Å²) in [5.74, 6) is 0. The molecule has 0 aliphatic rings. The van der Waals surface area contributed by atoms with Crippen LogP contribution in [0.25, 0.3) is 0 Å². The Morgan fingerprint density at radius 1 is 0.565 bits per heavy atom. The lowest BCUT2D eigenvalue weighted by Crippen LogP contribution is -2.52. The third-order valence-electron chi connectivity index (χ3n) is 4.00. The van der Waals surface area contributed by atoms with Gasteiger partial charge in [0, 0.05) is 0 Å². The Bertz CT molecular complexity index is 329. The monoisotopic (exact) mass is 376 g/mol. The first-order valence-corrected chi connectivity index (χ1v) is 18.3. The molecule has 0 unspecified atom stereocenters. The lowest BCUT2D eigenvalue weighted by atomic mass is 9.94. The van der Waals surface area contributed by atoms with Crippen LogP contribution in [0.15, 0.2) is 0 Å². The summed E-state index contributed by atoms with van der Waals surface area (Å²) in [6.45, 7) is 27.9. The van der Waals surface area contributed by atoms with Gasteiger partial charge in [0.05, 0.1) is 0 Å². The van der Waals surface area contributed by atoms with E-state index < -0.39 is 25.2 Å². The highest BCUT2D eigenvalue weighted by Gasteiger charge is 2.40. The predicted molar refractivity (Wildman–Crippen MR) is 112 cm³/mol. The molecule has 0 bridgehead atoms. The summed E-state index contributed by atoms with van der Waals surface area (Å²) in [6.07, 6.45) is 2.48. The maximum atomic E-state index is 6.68. The van der Waals surface area contributed by atoms with Crippen LogP contribution in [0.1, 0.15) is 54.4 Å². The summed E-state index contributed by atoms with van der Waals surface area (Å²) in [5, 5.41) is 0. The highest BCUT2D eigenvalue weighted by atomic mass is 28.5. The fourth-order valence-electron chi connectivity index (χ4n) is 2.81. The van der Waals surface area contributed by atoms with Crippen molar-refractivity contribution in [3.05, 3.63) is 0 Å². The van der Waals surface area contributed by atoms with Crippen LogP contribution in [0, 0.1) is 10.8 Å². The second-order valence-corrected chi connectivity index (χ2v) is 23.7. The summed E-state index contributed by atoms with van der Waals surface area (Å²) in [5.41, 5.74) is 0.780. The first-order valence-electron chi connectivity index (χ1n) is 9.23. The molecule has 0 aromatic carbocycles. The Labute approximate surface area is 150 Å². The van der Waals surface area contributed by atoms with E-state index >= 15 is 0 Å². The summed E-state index contributed by atoms with van der Waals surface area (Å²) in [6, 6.07) is 2.44. The van der Waals surface area contributed by atoms with Crippen molar-refractivity contribution >= 4 is 25.2 Å². The van der Waals surface area contributed by atoms with Crippen LogP contribution in [0.2, 0.25) is 51.4 Å². The molecule has 0 aromatic heterocycles. The van der Waals surface area contributed by atoms with Gasteiger partial charge in [-0.3, -0.25) is 0 Å². The van der Waals surface area contributed by atoms with E-state index in [4.69, 9.17) is 8.23 Å². The molecule has 0 saturated heterocycles. The zero-order valence-corrected chi connectivity index (χ0v) is 21.1. The van der Waals surface area contributed by atoms with Gasteiger partial charge in [0.1, 0.15) is 0 Å². The standard InChI is InChI=1S/C18H44O2Si3/c1-17(2,3)13-15-21(7,8)19-23(11,12)20-22(9,10)16-14-18(4,5)6/h13-16H2,1-12H3. The zero-order chi connectivity index (χ0) is 18.7. The first kappa shape index (κ1) is 23.6. The van der Waals surface area contributed by atoms with Crippen molar-refractivity contribution in [3.8, 4) is 0 Å². The minimum absolute atomic E-state index is 0.390. The maximum absolute atomic E-state index is 6.68. The van der Waals surface area contributed by atoms with E-state index in [1.165, 1.54) is 24.9 Å². The van der Waals surface area contributed by atoms with Crippen LogP contribution in [0.3, 0.4) is 0 Å². The van der Waals surface area contributed by atoms with Gasteiger partial charge in [-0.05, 0) is 75.0 Å². The van der Waals surface area contributed by atoms with Gasteiger partial charge in [-0.1, -0.05) is 41.5 Å². The van der Waals surface area contributed by atoms with E-state index in [0.717, 1.165) is 0 Å². The average Bonchev–Trinajstić information content (AvgIpc) is 2.19. The Morgan fingerprint density at radius 2 is 0.826 bits per heavy atom. The summed E-state index contributed by atoms with van der Waals surface area (Å²) in [4.78, 5) is 0. The molecule has 0 saturated carbocycles. The van der Waals surface area contributed by atoms with Gasteiger partial charge in [0.2, 0.25) is 0 Å². The quantitative estimate of drug-likeness (QED) is 0.424. The Morgan fingerprint density at radius 3 is 1.04 bits per heavy atom. The first-order chi connectivity index (χ1) is 9.83. The molecule has 0 aromatic rings. The van der Waals surface area contributed by atoms with Crippen LogP contribution in [-0.2, 0) is 8.23 Å². The molecule has 2 nitrogen and oxygen atoms in total. The van der Waals surface area contributed by atoms with Crippen molar-refractivity contribution in [3.63, 3.8) is 0 Å². The van der Waals surface area contributed by atoms with Gasteiger partial charge in [-0.15, -0.1) is 0 Å². The van der Waals surface area contributed by atoms with Gasteiger partial charge in [-0.25, -0.2) is 0 Å². The third kappa shape index (κ3) is 13.5. The van der Waals surface area contributed by atoms with Crippen LogP contribution in [-0.4, -0.2) is 25.2 Å². The van der Waals surface area contributed by atoms with Crippen LogP contribution < -0.4 is 0 Å². The molecule has 140 valence electrons. The Balaban J connectivity index is 4.66. The van der Waals surface area contributed by atoms with E-state index in [9.17, 15) is 0 Å². The third-order valence-corrected chi connectivity index (χ3v) is 15.3. The van der Waals surface area contributed by atoms with Gasteiger partial charge < -0.3 is 8.23 Å². The van der Waals surface area contributed by atoms with E-state index in [1.54, 1.807) is 0 Å². The van der Waals surface area contributed by atoms with Crippen molar-refractivity contribution in [1.29, 1.82) is 0 Å². The zero-order valence-electron chi connectivity index (χ0n) is 18.1. The SMILES string of the molecule is CC(C)(C)CC[Si](C)(C)O[Si](C)(C)O[Si](C)(C)CCC(C)(C)C. The lowest BCUT2D eigenvalue weighted by Gasteiger charge is -2.40. The summed E-state index contributed by atoms with van der Waals surface area (Å²) >= 11 is 0. The van der Waals surface area contributed by atoms with Gasteiger partial charge in [-0.2, -0.15) is 0 Å². The molecule has 23 heavy (non-hydrogen) atoms. The second kappa shape index (κ2) is 7.85. The minimum atomic E-state index is -2.04. The largest absolute Gasteiger partial charge is 0.437 e. The van der Waals surface area contributed by atoms with E-state index in [0.29, 0.717) is 10.8 Å². The maximum Gasteiger partial charge on any atom is 0.311 e. The van der Waals surface area contributed by atoms with Crippen LogP contribution in [0.5, 0.6) is 0 Å². The van der Waals surface area contributed by atoms with Crippen molar-refractivity contribution in [2.75, 3.05) is 0 Å². The Kier molecular flexibility index (Phi) is 8.05. The molecule has 0 fully saturated rings. The average molecular weight is 377 g/mol. The van der Waals surface area contributed by atoms with Gasteiger partial charge >= 0.3 is 8.56 Å². The molecule has 0 aliphatic carbocycles. The molecule has 5 heteroatoms. The van der Waals surface area contributed by atoms with E-state index in [-0.39, 0.29) is 0 Å². The molecular weight excluding hydrogens is 332 g/mol. The molecule has 0 amide bonds. The summed E-state index contributed by atoms with van der Waals surface area (Å²) < 4.78 is 13.4. The molecular formula is C18H44O2Si3. The molecule has 0 heterocycles. The topological polar surface area (TPSA) is 18.5 Å². The number of hydrogen-bond acceptors (Lipinski definition) is 2. The molecule has 0 rings (SSSR count). The lowest BCUT2D eigenvalue weighted by molar-refractivity contribution is 0.354. The van der Waals surface area contributed by atoms with Crippen LogP contribution in [0.4, 0.5) is 0 Å². The van der Waals surface area contributed by atoms with Gasteiger partial charge in [0.15, 0.2) is 16.6 Å². The summed E-state index contributed by atoms with van der Waals surface area (Å²) in [7, 11) is -5.34. The van der Waals surface area contributed by atoms with E-state index in [1.807, 2.05) is 0 Å². The molecule has 0 spiro atoms. The minimum Gasteiger partial charge on any atom is -0.437 e. The second-order valence-electron chi connectivity index (χ2n) is 11.2. The normalized spacial score (nSPS) is 15.1. The van der Waals surface area contributed by atoms with Crippen molar-refractivity contribution < 1.29 is 8.23 Å². The fourth-order valence-corrected chi connectivity index (χ4v) is 17.5.